The molecule has 3 atom stereocenters. The highest BCUT2D eigenvalue weighted by molar-refractivity contribution is 14.1. The molecule has 0 amide bonds. The van der Waals surface area contributed by atoms with E-state index in [4.69, 9.17) is 0 Å². The van der Waals surface area contributed by atoms with Crippen molar-refractivity contribution in [1.29, 1.82) is 0 Å². The Morgan fingerprint density at radius 2 is 1.62 bits per heavy atom. The minimum absolute atomic E-state index is 0.00200. The summed E-state index contributed by atoms with van der Waals surface area (Å²) < 4.78 is 29.5. The van der Waals surface area contributed by atoms with Gasteiger partial charge < -0.3 is 0 Å². The van der Waals surface area contributed by atoms with Crippen LogP contribution in [0.25, 0.3) is 0 Å². The number of benzene rings is 2. The van der Waals surface area contributed by atoms with Crippen molar-refractivity contribution in [2.45, 2.75) is 54.5 Å². The van der Waals surface area contributed by atoms with Gasteiger partial charge in [-0.2, -0.15) is 4.31 Å². The fourth-order valence-corrected chi connectivity index (χ4v) is 6.70. The number of hydrogen-bond donors (Lipinski definition) is 0. The van der Waals surface area contributed by atoms with Gasteiger partial charge in [0.1, 0.15) is 0 Å². The van der Waals surface area contributed by atoms with Crippen molar-refractivity contribution in [2.24, 2.45) is 5.92 Å². The van der Waals surface area contributed by atoms with Crippen molar-refractivity contribution in [3.8, 4) is 0 Å². The molecule has 2 aromatic rings. The first kappa shape index (κ1) is 19.8. The zero-order chi connectivity index (χ0) is 18.9. The predicted octanol–water partition coefficient (Wildman–Crippen LogP) is 5.35. The molecule has 1 heterocycles. The van der Waals surface area contributed by atoms with E-state index in [-0.39, 0.29) is 18.0 Å². The van der Waals surface area contributed by atoms with Crippen LogP contribution in [0.1, 0.15) is 43.9 Å². The highest BCUT2D eigenvalue weighted by Gasteiger charge is 2.44. The molecule has 0 aliphatic carbocycles. The summed E-state index contributed by atoms with van der Waals surface area (Å²) >= 11 is 2.48. The van der Waals surface area contributed by atoms with Gasteiger partial charge in [0.15, 0.2) is 0 Å². The summed E-state index contributed by atoms with van der Waals surface area (Å²) in [6.07, 6.45) is 1.74. The van der Waals surface area contributed by atoms with Gasteiger partial charge in [0.2, 0.25) is 10.0 Å². The minimum Gasteiger partial charge on any atom is -0.207 e. The molecule has 0 bridgehead atoms. The van der Waals surface area contributed by atoms with Gasteiger partial charge in [-0.05, 0) is 43.4 Å². The van der Waals surface area contributed by atoms with Gasteiger partial charge in [0, 0.05) is 9.97 Å². The van der Waals surface area contributed by atoms with E-state index in [1.807, 2.05) is 49.4 Å². The van der Waals surface area contributed by atoms with Crippen LogP contribution in [0.3, 0.4) is 0 Å². The Kier molecular flexibility index (Phi) is 6.09. The summed E-state index contributed by atoms with van der Waals surface area (Å²) in [4.78, 5) is 0.390. The maximum absolute atomic E-state index is 13.6. The van der Waals surface area contributed by atoms with Crippen LogP contribution >= 0.6 is 22.6 Å². The molecule has 0 aromatic heterocycles. The summed E-state index contributed by atoms with van der Waals surface area (Å²) in [6.45, 7) is 6.22. The van der Waals surface area contributed by atoms with Gasteiger partial charge in [0.05, 0.1) is 10.9 Å². The SMILES string of the molecule is Cc1ccc(S(=O)(=O)N2[C@@H](c3ccccc3)C[C@@H](I)C[C@H]2C(C)C)cc1. The molecule has 0 N–H and O–H groups in total. The van der Waals surface area contributed by atoms with Crippen molar-refractivity contribution in [3.05, 3.63) is 65.7 Å². The van der Waals surface area contributed by atoms with E-state index < -0.39 is 10.0 Å². The summed E-state index contributed by atoms with van der Waals surface area (Å²) in [5.41, 5.74) is 2.14. The standard InChI is InChI=1S/C21H26INO2S/c1-15(2)20-13-18(22)14-21(17-7-5-4-6-8-17)23(20)26(24,25)19-11-9-16(3)10-12-19/h4-12,15,18,20-21H,13-14H2,1-3H3/t18-,20-,21+/m0/s1. The van der Waals surface area contributed by atoms with Crippen LogP contribution in [0.5, 0.6) is 0 Å². The van der Waals surface area contributed by atoms with Crippen LogP contribution < -0.4 is 0 Å². The lowest BCUT2D eigenvalue weighted by Gasteiger charge is -2.45. The molecule has 1 saturated heterocycles. The third-order valence-corrected chi connectivity index (χ3v) is 8.13. The maximum atomic E-state index is 13.6. The molecule has 2 aromatic carbocycles. The average Bonchev–Trinajstić information content (AvgIpc) is 2.62. The smallest absolute Gasteiger partial charge is 0.207 e. The molecule has 3 nitrogen and oxygen atoms in total. The van der Waals surface area contributed by atoms with Crippen LogP contribution in [0.15, 0.2) is 59.5 Å². The highest BCUT2D eigenvalue weighted by Crippen LogP contribution is 2.43. The molecule has 140 valence electrons. The number of piperidine rings is 1. The summed E-state index contributed by atoms with van der Waals surface area (Å²) in [5.74, 6) is 0.263. The van der Waals surface area contributed by atoms with E-state index in [0.717, 1.165) is 24.0 Å². The Morgan fingerprint density at radius 3 is 2.19 bits per heavy atom. The van der Waals surface area contributed by atoms with Crippen molar-refractivity contribution >= 4 is 32.6 Å². The number of halogens is 1. The van der Waals surface area contributed by atoms with Crippen molar-refractivity contribution in [1.82, 2.24) is 4.31 Å². The molecular weight excluding hydrogens is 457 g/mol. The minimum atomic E-state index is -3.56. The maximum Gasteiger partial charge on any atom is 0.243 e. The van der Waals surface area contributed by atoms with Crippen molar-refractivity contribution < 1.29 is 8.42 Å². The number of sulfonamides is 1. The summed E-state index contributed by atoms with van der Waals surface area (Å²) in [7, 11) is -3.56. The monoisotopic (exact) mass is 483 g/mol. The fraction of sp³-hybridized carbons (Fsp3) is 0.429. The molecule has 26 heavy (non-hydrogen) atoms. The van der Waals surface area contributed by atoms with Gasteiger partial charge in [-0.25, -0.2) is 8.42 Å². The molecular formula is C21H26INO2S. The van der Waals surface area contributed by atoms with E-state index in [1.165, 1.54) is 0 Å². The third-order valence-electron chi connectivity index (χ3n) is 5.16. The fourth-order valence-electron chi connectivity index (χ4n) is 3.74. The molecule has 1 fully saturated rings. The lowest BCUT2D eigenvalue weighted by molar-refractivity contribution is 0.151. The Labute approximate surface area is 171 Å². The van der Waals surface area contributed by atoms with Gasteiger partial charge in [0.25, 0.3) is 0 Å². The Hall–Kier alpha value is -0.920. The van der Waals surface area contributed by atoms with E-state index in [1.54, 1.807) is 16.4 Å². The molecule has 1 aliphatic heterocycles. The summed E-state index contributed by atoms with van der Waals surface area (Å²) in [5, 5.41) is 0. The Bertz CT molecular complexity index is 834. The van der Waals surface area contributed by atoms with Gasteiger partial charge in [-0.15, -0.1) is 0 Å². The van der Waals surface area contributed by atoms with Crippen LogP contribution in [-0.4, -0.2) is 22.7 Å². The second-order valence-corrected chi connectivity index (χ2v) is 11.1. The number of aryl methyl sites for hydroxylation is 1. The number of hydrogen-bond acceptors (Lipinski definition) is 2. The van der Waals surface area contributed by atoms with Crippen molar-refractivity contribution in [2.75, 3.05) is 0 Å². The molecule has 0 radical (unpaired) electrons. The topological polar surface area (TPSA) is 37.4 Å². The molecule has 0 unspecified atom stereocenters. The average molecular weight is 483 g/mol. The zero-order valence-electron chi connectivity index (χ0n) is 15.5. The van der Waals surface area contributed by atoms with Crippen LogP contribution in [0, 0.1) is 12.8 Å². The lowest BCUT2D eigenvalue weighted by Crippen LogP contribution is -2.50. The van der Waals surface area contributed by atoms with E-state index >= 15 is 0 Å². The Balaban J connectivity index is 2.11. The first-order chi connectivity index (χ1) is 12.3. The first-order valence-corrected chi connectivity index (χ1v) is 11.8. The normalized spacial score (nSPS) is 24.7. The van der Waals surface area contributed by atoms with E-state index in [2.05, 4.69) is 36.4 Å². The van der Waals surface area contributed by atoms with Crippen LogP contribution in [0.2, 0.25) is 0 Å². The zero-order valence-corrected chi connectivity index (χ0v) is 18.4. The van der Waals surface area contributed by atoms with Crippen LogP contribution in [-0.2, 0) is 10.0 Å². The van der Waals surface area contributed by atoms with E-state index in [9.17, 15) is 8.42 Å². The predicted molar refractivity (Wildman–Crippen MR) is 115 cm³/mol. The Morgan fingerprint density at radius 1 is 1.00 bits per heavy atom. The van der Waals surface area contributed by atoms with Gasteiger partial charge in [-0.3, -0.25) is 0 Å². The number of nitrogens with zero attached hydrogens (tertiary/aromatic N) is 1. The van der Waals surface area contributed by atoms with E-state index in [0.29, 0.717) is 8.82 Å². The highest BCUT2D eigenvalue weighted by atomic mass is 127. The second kappa shape index (κ2) is 7.98. The van der Waals surface area contributed by atoms with Crippen LogP contribution in [0.4, 0.5) is 0 Å². The number of rotatable bonds is 4. The molecule has 5 heteroatoms. The van der Waals surface area contributed by atoms with Gasteiger partial charge >= 0.3 is 0 Å². The molecule has 3 rings (SSSR count). The third kappa shape index (κ3) is 3.99. The van der Waals surface area contributed by atoms with Gasteiger partial charge in [-0.1, -0.05) is 84.5 Å². The quantitative estimate of drug-likeness (QED) is 0.435. The summed E-state index contributed by atoms with van der Waals surface area (Å²) in [6, 6.07) is 17.2. The molecule has 0 spiro atoms. The number of alkyl halides is 1. The second-order valence-electron chi connectivity index (χ2n) is 7.45. The largest absolute Gasteiger partial charge is 0.243 e. The lowest BCUT2D eigenvalue weighted by atomic mass is 9.88. The molecule has 1 aliphatic rings. The first-order valence-electron chi connectivity index (χ1n) is 9.10. The van der Waals surface area contributed by atoms with Crippen molar-refractivity contribution in [3.63, 3.8) is 0 Å². The molecule has 0 saturated carbocycles.